The predicted octanol–water partition coefficient (Wildman–Crippen LogP) is 5.02. The Kier molecular flexibility index (Phi) is 8.02. The predicted molar refractivity (Wildman–Crippen MR) is 144 cm³/mol. The molecule has 0 amide bonds. The first-order valence-corrected chi connectivity index (χ1v) is 13.4. The molecule has 3 aromatic carbocycles. The fourth-order valence-corrected chi connectivity index (χ4v) is 5.72. The van der Waals surface area contributed by atoms with Crippen LogP contribution < -0.4 is 5.73 Å². The second-order valence-corrected chi connectivity index (χ2v) is 10.3. The summed E-state index contributed by atoms with van der Waals surface area (Å²) in [5.74, 6) is 0.827. The van der Waals surface area contributed by atoms with E-state index in [1.54, 1.807) is 18.1 Å². The minimum absolute atomic E-state index is 0.0176. The van der Waals surface area contributed by atoms with Crippen LogP contribution in [0.2, 0.25) is 0 Å². The Balaban J connectivity index is 1.41. The smallest absolute Gasteiger partial charge is 0.190 e. The minimum Gasteiger partial charge on any atom is -0.392 e. The maximum atomic E-state index is 9.47. The van der Waals surface area contributed by atoms with Crippen LogP contribution in [-0.2, 0) is 29.7 Å². The summed E-state index contributed by atoms with van der Waals surface area (Å²) < 4.78 is 15.0. The first kappa shape index (κ1) is 25.6. The summed E-state index contributed by atoms with van der Waals surface area (Å²) in [4.78, 5) is 0. The molecule has 4 atom stereocenters. The van der Waals surface area contributed by atoms with E-state index in [-0.39, 0.29) is 24.7 Å². The third-order valence-corrected chi connectivity index (χ3v) is 8.02. The summed E-state index contributed by atoms with van der Waals surface area (Å²) in [5, 5.41) is 18.5. The summed E-state index contributed by atoms with van der Waals surface area (Å²) in [6.07, 6.45) is 0.965. The SMILES string of the molecule is C[C@@H]1[C@H](CSc2nncn2C)O[C@H](c2ccc(-c3ccccc3CN)cc2)O[C@@H]1c1ccc(CO)cc1. The van der Waals surface area contributed by atoms with Crippen molar-refractivity contribution in [2.24, 2.45) is 18.7 Å². The summed E-state index contributed by atoms with van der Waals surface area (Å²) in [5.41, 5.74) is 12.2. The van der Waals surface area contributed by atoms with Gasteiger partial charge in [-0.2, -0.15) is 0 Å². The van der Waals surface area contributed by atoms with Crippen molar-refractivity contribution in [2.45, 2.75) is 43.7 Å². The highest BCUT2D eigenvalue weighted by molar-refractivity contribution is 7.99. The van der Waals surface area contributed by atoms with E-state index < -0.39 is 6.29 Å². The van der Waals surface area contributed by atoms with Gasteiger partial charge in [-0.05, 0) is 27.8 Å². The number of nitrogens with two attached hydrogens (primary N) is 1. The molecule has 1 aliphatic rings. The van der Waals surface area contributed by atoms with Gasteiger partial charge < -0.3 is 24.9 Å². The van der Waals surface area contributed by atoms with Gasteiger partial charge in [0.2, 0.25) is 0 Å². The molecule has 0 unspecified atom stereocenters. The molecule has 0 aliphatic carbocycles. The van der Waals surface area contributed by atoms with Crippen molar-refractivity contribution in [3.05, 3.63) is 101 Å². The number of thioether (sulfide) groups is 1. The highest BCUT2D eigenvalue weighted by Crippen LogP contribution is 2.43. The third kappa shape index (κ3) is 5.63. The van der Waals surface area contributed by atoms with Crippen LogP contribution in [0.25, 0.3) is 11.1 Å². The normalized spacial score (nSPS) is 21.7. The van der Waals surface area contributed by atoms with Gasteiger partial charge in [0.15, 0.2) is 11.4 Å². The molecule has 0 radical (unpaired) electrons. The monoisotopic (exact) mass is 516 g/mol. The molecule has 2 heterocycles. The van der Waals surface area contributed by atoms with Crippen LogP contribution in [-0.4, -0.2) is 31.7 Å². The number of ether oxygens (including phenoxy) is 2. The lowest BCUT2D eigenvalue weighted by Crippen LogP contribution is -2.38. The Hall–Kier alpha value is -3.01. The largest absolute Gasteiger partial charge is 0.392 e. The van der Waals surface area contributed by atoms with E-state index in [2.05, 4.69) is 53.5 Å². The number of aryl methyl sites for hydroxylation is 1. The maximum Gasteiger partial charge on any atom is 0.190 e. The van der Waals surface area contributed by atoms with Crippen molar-refractivity contribution < 1.29 is 14.6 Å². The average molecular weight is 517 g/mol. The second-order valence-electron chi connectivity index (χ2n) is 9.34. The van der Waals surface area contributed by atoms with Crippen LogP contribution in [0.3, 0.4) is 0 Å². The molecular weight excluding hydrogens is 484 g/mol. The average Bonchev–Trinajstić information content (AvgIpc) is 3.37. The first-order chi connectivity index (χ1) is 18.1. The van der Waals surface area contributed by atoms with Crippen molar-refractivity contribution >= 4 is 11.8 Å². The van der Waals surface area contributed by atoms with Crippen LogP contribution in [0, 0.1) is 5.92 Å². The zero-order valence-corrected chi connectivity index (χ0v) is 21.8. The van der Waals surface area contributed by atoms with Crippen LogP contribution >= 0.6 is 11.8 Å². The Labute approximate surface area is 221 Å². The molecule has 4 aromatic rings. The Bertz CT molecular complexity index is 1310. The summed E-state index contributed by atoms with van der Waals surface area (Å²) >= 11 is 1.63. The van der Waals surface area contributed by atoms with Gasteiger partial charge in [0.25, 0.3) is 0 Å². The summed E-state index contributed by atoms with van der Waals surface area (Å²) in [6.45, 7) is 2.67. The van der Waals surface area contributed by atoms with Crippen molar-refractivity contribution in [1.29, 1.82) is 0 Å². The number of aliphatic hydroxyl groups excluding tert-OH is 1. The van der Waals surface area contributed by atoms with E-state index in [0.29, 0.717) is 6.54 Å². The van der Waals surface area contributed by atoms with Crippen molar-refractivity contribution in [1.82, 2.24) is 14.8 Å². The number of nitrogens with zero attached hydrogens (tertiary/aromatic N) is 3. The van der Waals surface area contributed by atoms with Gasteiger partial charge in [0.1, 0.15) is 6.33 Å². The van der Waals surface area contributed by atoms with Crippen molar-refractivity contribution in [3.63, 3.8) is 0 Å². The molecule has 5 rings (SSSR count). The molecular formula is C29H32N4O3S. The number of aliphatic hydroxyl groups is 1. The van der Waals surface area contributed by atoms with Crippen molar-refractivity contribution in [3.8, 4) is 11.1 Å². The molecule has 1 aliphatic heterocycles. The molecule has 1 saturated heterocycles. The molecule has 8 heteroatoms. The third-order valence-electron chi connectivity index (χ3n) is 6.90. The summed E-state index contributed by atoms with van der Waals surface area (Å²) in [6, 6.07) is 24.5. The van der Waals surface area contributed by atoms with Crippen LogP contribution in [0.5, 0.6) is 0 Å². The molecule has 0 bridgehead atoms. The van der Waals surface area contributed by atoms with Crippen molar-refractivity contribution in [2.75, 3.05) is 5.75 Å². The molecule has 7 nitrogen and oxygen atoms in total. The van der Waals surface area contributed by atoms with E-state index in [1.807, 2.05) is 48.0 Å². The van der Waals surface area contributed by atoms with Crippen LogP contribution in [0.1, 0.15) is 41.6 Å². The van der Waals surface area contributed by atoms with E-state index in [4.69, 9.17) is 15.2 Å². The van der Waals surface area contributed by atoms with Gasteiger partial charge in [-0.3, -0.25) is 0 Å². The van der Waals surface area contributed by atoms with Gasteiger partial charge in [-0.1, -0.05) is 91.5 Å². The molecule has 1 aromatic heterocycles. The minimum atomic E-state index is -0.511. The van der Waals surface area contributed by atoms with Crippen LogP contribution in [0.15, 0.2) is 84.3 Å². The number of hydrogen-bond donors (Lipinski definition) is 2. The zero-order valence-electron chi connectivity index (χ0n) is 21.0. The Morgan fingerprint density at radius 1 is 0.973 bits per heavy atom. The topological polar surface area (TPSA) is 95.4 Å². The maximum absolute atomic E-state index is 9.47. The van der Waals surface area contributed by atoms with Gasteiger partial charge in [0.05, 0.1) is 18.8 Å². The number of aromatic nitrogens is 3. The van der Waals surface area contributed by atoms with Gasteiger partial charge >= 0.3 is 0 Å². The lowest BCUT2D eigenvalue weighted by molar-refractivity contribution is -0.268. The second kappa shape index (κ2) is 11.6. The number of benzene rings is 3. The quantitative estimate of drug-likeness (QED) is 0.318. The van der Waals surface area contributed by atoms with Crippen LogP contribution in [0.4, 0.5) is 0 Å². The highest BCUT2D eigenvalue weighted by atomic mass is 32.2. The Morgan fingerprint density at radius 3 is 2.38 bits per heavy atom. The van der Waals surface area contributed by atoms with E-state index in [9.17, 15) is 5.11 Å². The standard InChI is InChI=1S/C29H32N4O3S/c1-19-26(17-37-29-32-31-18-33(29)2)35-28(36-27(19)22-9-7-20(16-34)8-10-22)23-13-11-21(12-14-23)25-6-4-3-5-24(25)15-30/h3-14,18-19,26-28,34H,15-17,30H2,1-2H3/t19-,26+,27+,28+/m1/s1. The van der Waals surface area contributed by atoms with Gasteiger partial charge in [-0.25, -0.2) is 0 Å². The number of rotatable bonds is 8. The van der Waals surface area contributed by atoms with E-state index in [0.717, 1.165) is 44.3 Å². The van der Waals surface area contributed by atoms with E-state index in [1.165, 1.54) is 0 Å². The first-order valence-electron chi connectivity index (χ1n) is 12.4. The lowest BCUT2D eigenvalue weighted by atomic mass is 9.91. The molecule has 37 heavy (non-hydrogen) atoms. The fourth-order valence-electron chi connectivity index (χ4n) is 4.67. The highest BCUT2D eigenvalue weighted by Gasteiger charge is 2.38. The fraction of sp³-hybridized carbons (Fsp3) is 0.310. The lowest BCUT2D eigenvalue weighted by Gasteiger charge is -2.41. The molecule has 1 fully saturated rings. The molecule has 0 spiro atoms. The zero-order chi connectivity index (χ0) is 25.8. The van der Waals surface area contributed by atoms with Gasteiger partial charge in [0, 0.05) is 30.8 Å². The number of hydrogen-bond acceptors (Lipinski definition) is 7. The molecule has 192 valence electrons. The summed E-state index contributed by atoms with van der Waals surface area (Å²) in [7, 11) is 1.94. The van der Waals surface area contributed by atoms with E-state index >= 15 is 0 Å². The molecule has 0 saturated carbocycles. The Morgan fingerprint density at radius 2 is 1.70 bits per heavy atom. The van der Waals surface area contributed by atoms with Gasteiger partial charge in [-0.15, -0.1) is 10.2 Å². The molecule has 3 N–H and O–H groups in total.